The Morgan fingerprint density at radius 1 is 1.35 bits per heavy atom. The summed E-state index contributed by atoms with van der Waals surface area (Å²) in [4.78, 5) is 14.5. The van der Waals surface area contributed by atoms with Gasteiger partial charge in [0.05, 0.1) is 6.10 Å². The molecule has 128 valence electrons. The molecule has 1 fully saturated rings. The van der Waals surface area contributed by atoms with E-state index in [4.69, 9.17) is 9.84 Å². The Morgan fingerprint density at radius 3 is 2.70 bits per heavy atom. The molecule has 1 amide bonds. The fourth-order valence-corrected chi connectivity index (χ4v) is 3.23. The Bertz CT molecular complexity index is 495. The van der Waals surface area contributed by atoms with Crippen molar-refractivity contribution in [2.45, 2.75) is 51.6 Å². The van der Waals surface area contributed by atoms with Crippen LogP contribution >= 0.6 is 0 Å². The van der Waals surface area contributed by atoms with Crippen LogP contribution in [0.2, 0.25) is 0 Å². The number of carbonyl (C=O) groups is 1. The molecule has 2 rings (SSSR count). The highest BCUT2D eigenvalue weighted by molar-refractivity contribution is 5.77. The van der Waals surface area contributed by atoms with Crippen molar-refractivity contribution < 1.29 is 14.6 Å². The van der Waals surface area contributed by atoms with Crippen molar-refractivity contribution in [1.82, 2.24) is 4.90 Å². The van der Waals surface area contributed by atoms with Gasteiger partial charge in [-0.2, -0.15) is 0 Å². The average molecular weight is 319 g/mol. The number of aryl methyl sites for hydroxylation is 1. The van der Waals surface area contributed by atoms with Crippen LogP contribution in [0, 0.1) is 6.92 Å². The molecule has 1 atom stereocenters. The van der Waals surface area contributed by atoms with Crippen LogP contribution in [-0.4, -0.2) is 48.3 Å². The minimum absolute atomic E-state index is 0.175. The van der Waals surface area contributed by atoms with Gasteiger partial charge in [-0.15, -0.1) is 0 Å². The summed E-state index contributed by atoms with van der Waals surface area (Å²) in [7, 11) is 0. The van der Waals surface area contributed by atoms with Crippen molar-refractivity contribution in [3.05, 3.63) is 35.4 Å². The second-order valence-electron chi connectivity index (χ2n) is 6.49. The van der Waals surface area contributed by atoms with Crippen LogP contribution in [0.4, 0.5) is 0 Å². The van der Waals surface area contributed by atoms with Gasteiger partial charge in [-0.25, -0.2) is 0 Å². The largest absolute Gasteiger partial charge is 0.396 e. The van der Waals surface area contributed by atoms with Crippen molar-refractivity contribution in [2.75, 3.05) is 26.3 Å². The second-order valence-corrected chi connectivity index (χ2v) is 6.49. The van der Waals surface area contributed by atoms with E-state index in [0.29, 0.717) is 19.4 Å². The first-order valence-electron chi connectivity index (χ1n) is 8.67. The lowest BCUT2D eigenvalue weighted by molar-refractivity contribution is -0.134. The summed E-state index contributed by atoms with van der Waals surface area (Å²) < 4.78 is 5.72. The van der Waals surface area contributed by atoms with Crippen molar-refractivity contribution in [3.63, 3.8) is 0 Å². The molecule has 0 bridgehead atoms. The van der Waals surface area contributed by atoms with Gasteiger partial charge in [0.25, 0.3) is 0 Å². The Kier molecular flexibility index (Phi) is 7.06. The smallest absolute Gasteiger partial charge is 0.223 e. The van der Waals surface area contributed by atoms with E-state index < -0.39 is 0 Å². The van der Waals surface area contributed by atoms with Crippen LogP contribution in [0.15, 0.2) is 24.3 Å². The van der Waals surface area contributed by atoms with E-state index in [9.17, 15) is 4.79 Å². The first kappa shape index (κ1) is 18.0. The predicted molar refractivity (Wildman–Crippen MR) is 91.5 cm³/mol. The molecule has 23 heavy (non-hydrogen) atoms. The molecular formula is C19H29NO3. The van der Waals surface area contributed by atoms with E-state index in [-0.39, 0.29) is 24.5 Å². The normalized spacial score (nSPS) is 17.3. The third kappa shape index (κ3) is 5.33. The average Bonchev–Trinajstić information content (AvgIpc) is 2.56. The minimum atomic E-state index is 0.175. The molecule has 1 aromatic rings. The molecule has 1 N–H and O–H groups in total. The Balaban J connectivity index is 1.78. The molecule has 0 spiro atoms. The number of aliphatic hydroxyl groups excluding tert-OH is 1. The highest BCUT2D eigenvalue weighted by Crippen LogP contribution is 2.24. The highest BCUT2D eigenvalue weighted by atomic mass is 16.5. The summed E-state index contributed by atoms with van der Waals surface area (Å²) >= 11 is 0. The summed E-state index contributed by atoms with van der Waals surface area (Å²) in [5, 5.41) is 8.78. The quantitative estimate of drug-likeness (QED) is 0.786. The SMILES string of the molecule is Cc1ccccc1C(C)CC(=O)N1CCC(OCCCO)CC1. The number of hydrogen-bond donors (Lipinski definition) is 1. The first-order chi connectivity index (χ1) is 11.1. The van der Waals surface area contributed by atoms with Crippen LogP contribution in [-0.2, 0) is 9.53 Å². The maximum Gasteiger partial charge on any atom is 0.223 e. The lowest BCUT2D eigenvalue weighted by Gasteiger charge is -2.32. The van der Waals surface area contributed by atoms with Crippen LogP contribution in [0.3, 0.4) is 0 Å². The van der Waals surface area contributed by atoms with E-state index in [1.807, 2.05) is 17.0 Å². The van der Waals surface area contributed by atoms with Crippen LogP contribution in [0.1, 0.15) is 49.7 Å². The summed E-state index contributed by atoms with van der Waals surface area (Å²) in [6, 6.07) is 8.30. The van der Waals surface area contributed by atoms with E-state index in [0.717, 1.165) is 25.9 Å². The molecule has 1 saturated heterocycles. The Morgan fingerprint density at radius 2 is 2.04 bits per heavy atom. The van der Waals surface area contributed by atoms with E-state index in [1.165, 1.54) is 11.1 Å². The van der Waals surface area contributed by atoms with Crippen molar-refractivity contribution in [2.24, 2.45) is 0 Å². The highest BCUT2D eigenvalue weighted by Gasteiger charge is 2.24. The molecule has 4 heteroatoms. The fraction of sp³-hybridized carbons (Fsp3) is 0.632. The summed E-state index contributed by atoms with van der Waals surface area (Å²) in [6.07, 6.45) is 3.29. The van der Waals surface area contributed by atoms with Gasteiger partial charge in [-0.05, 0) is 43.2 Å². The number of amides is 1. The molecule has 1 heterocycles. The zero-order chi connectivity index (χ0) is 16.7. The lowest BCUT2D eigenvalue weighted by Crippen LogP contribution is -2.41. The van der Waals surface area contributed by atoms with E-state index in [1.54, 1.807) is 0 Å². The van der Waals surface area contributed by atoms with Crippen LogP contribution < -0.4 is 0 Å². The standard InChI is InChI=1S/C19H29NO3/c1-15-6-3-4-7-18(15)16(2)14-19(22)20-10-8-17(9-11-20)23-13-5-12-21/h3-4,6-7,16-17,21H,5,8-14H2,1-2H3. The number of benzene rings is 1. The maximum absolute atomic E-state index is 12.5. The maximum atomic E-state index is 12.5. The van der Waals surface area contributed by atoms with Crippen LogP contribution in [0.25, 0.3) is 0 Å². The number of nitrogens with zero attached hydrogens (tertiary/aromatic N) is 1. The molecule has 1 unspecified atom stereocenters. The third-order valence-corrected chi connectivity index (χ3v) is 4.65. The number of ether oxygens (including phenoxy) is 1. The number of piperidine rings is 1. The lowest BCUT2D eigenvalue weighted by atomic mass is 9.93. The molecule has 0 saturated carbocycles. The van der Waals surface area contributed by atoms with Crippen LogP contribution in [0.5, 0.6) is 0 Å². The zero-order valence-electron chi connectivity index (χ0n) is 14.3. The fourth-order valence-electron chi connectivity index (χ4n) is 3.23. The van der Waals surface area contributed by atoms with Crippen molar-refractivity contribution in [3.8, 4) is 0 Å². The number of likely N-dealkylation sites (tertiary alicyclic amines) is 1. The van der Waals surface area contributed by atoms with Gasteiger partial charge >= 0.3 is 0 Å². The molecule has 1 aliphatic rings. The van der Waals surface area contributed by atoms with Gasteiger partial charge in [-0.3, -0.25) is 4.79 Å². The molecule has 1 aromatic carbocycles. The van der Waals surface area contributed by atoms with Crippen molar-refractivity contribution >= 4 is 5.91 Å². The number of rotatable bonds is 7. The molecule has 1 aliphatic heterocycles. The number of carbonyl (C=O) groups excluding carboxylic acids is 1. The molecule has 4 nitrogen and oxygen atoms in total. The van der Waals surface area contributed by atoms with Crippen molar-refractivity contribution in [1.29, 1.82) is 0 Å². The first-order valence-corrected chi connectivity index (χ1v) is 8.67. The predicted octanol–water partition coefficient (Wildman–Crippen LogP) is 2.88. The molecular weight excluding hydrogens is 290 g/mol. The third-order valence-electron chi connectivity index (χ3n) is 4.65. The summed E-state index contributed by atoms with van der Waals surface area (Å²) in [5.74, 6) is 0.497. The van der Waals surface area contributed by atoms with Gasteiger partial charge in [0.15, 0.2) is 0 Å². The van der Waals surface area contributed by atoms with Gasteiger partial charge in [0.1, 0.15) is 0 Å². The van der Waals surface area contributed by atoms with E-state index in [2.05, 4.69) is 26.0 Å². The Labute approximate surface area is 139 Å². The van der Waals surface area contributed by atoms with Gasteiger partial charge in [0, 0.05) is 32.7 Å². The van der Waals surface area contributed by atoms with Gasteiger partial charge in [0.2, 0.25) is 5.91 Å². The monoisotopic (exact) mass is 319 g/mol. The second kappa shape index (κ2) is 9.04. The minimum Gasteiger partial charge on any atom is -0.396 e. The molecule has 0 aromatic heterocycles. The summed E-state index contributed by atoms with van der Waals surface area (Å²) in [5.41, 5.74) is 2.52. The van der Waals surface area contributed by atoms with Gasteiger partial charge in [-0.1, -0.05) is 31.2 Å². The number of hydrogen-bond acceptors (Lipinski definition) is 3. The molecule has 0 radical (unpaired) electrons. The topological polar surface area (TPSA) is 49.8 Å². The Hall–Kier alpha value is -1.39. The zero-order valence-corrected chi connectivity index (χ0v) is 14.3. The summed E-state index contributed by atoms with van der Waals surface area (Å²) in [6.45, 7) is 6.58. The van der Waals surface area contributed by atoms with Gasteiger partial charge < -0.3 is 14.7 Å². The van der Waals surface area contributed by atoms with E-state index >= 15 is 0 Å². The molecule has 0 aliphatic carbocycles. The number of aliphatic hydroxyl groups is 1.